The molecule has 0 bridgehead atoms. The van der Waals surface area contributed by atoms with Crippen LogP contribution >= 0.6 is 0 Å². The topological polar surface area (TPSA) is 57.6 Å². The van der Waals surface area contributed by atoms with Gasteiger partial charge in [0.25, 0.3) is 0 Å². The summed E-state index contributed by atoms with van der Waals surface area (Å²) in [5, 5.41) is 9.59. The van der Waals surface area contributed by atoms with Crippen molar-refractivity contribution < 1.29 is 13.5 Å². The SMILES string of the molecule is CC(O)C1CCCCN1CCS(C)(=O)=O. The first kappa shape index (κ1) is 12.9. The second-order valence-corrected chi connectivity index (χ2v) is 6.73. The number of hydrogen-bond acceptors (Lipinski definition) is 4. The summed E-state index contributed by atoms with van der Waals surface area (Å²) in [6.45, 7) is 3.24. The van der Waals surface area contributed by atoms with Gasteiger partial charge in [0.15, 0.2) is 0 Å². The Hall–Kier alpha value is -0.130. The first-order chi connectivity index (χ1) is 6.90. The minimum Gasteiger partial charge on any atom is -0.392 e. The number of aliphatic hydroxyl groups is 1. The zero-order valence-electron chi connectivity index (χ0n) is 9.52. The molecule has 0 radical (unpaired) electrons. The van der Waals surface area contributed by atoms with Crippen molar-refractivity contribution in [1.82, 2.24) is 4.90 Å². The Morgan fingerprint density at radius 2 is 2.13 bits per heavy atom. The van der Waals surface area contributed by atoms with Crippen LogP contribution < -0.4 is 0 Å². The number of sulfone groups is 1. The van der Waals surface area contributed by atoms with Crippen LogP contribution in [0.2, 0.25) is 0 Å². The van der Waals surface area contributed by atoms with Crippen LogP contribution in [0.15, 0.2) is 0 Å². The molecule has 1 aliphatic heterocycles. The van der Waals surface area contributed by atoms with Gasteiger partial charge in [0, 0.05) is 18.8 Å². The minimum absolute atomic E-state index is 0.139. The summed E-state index contributed by atoms with van der Waals surface area (Å²) >= 11 is 0. The number of aliphatic hydroxyl groups excluding tert-OH is 1. The van der Waals surface area contributed by atoms with Gasteiger partial charge in [0.05, 0.1) is 11.9 Å². The first-order valence-electron chi connectivity index (χ1n) is 5.50. The molecule has 0 aromatic rings. The molecule has 2 unspecified atom stereocenters. The number of hydrogen-bond donors (Lipinski definition) is 1. The molecule has 5 heteroatoms. The van der Waals surface area contributed by atoms with Gasteiger partial charge < -0.3 is 5.11 Å². The van der Waals surface area contributed by atoms with Gasteiger partial charge in [-0.15, -0.1) is 0 Å². The second kappa shape index (κ2) is 5.27. The zero-order chi connectivity index (χ0) is 11.5. The van der Waals surface area contributed by atoms with E-state index in [0.717, 1.165) is 25.8 Å². The van der Waals surface area contributed by atoms with Gasteiger partial charge in [-0.3, -0.25) is 4.90 Å². The summed E-state index contributed by atoms with van der Waals surface area (Å²) in [4.78, 5) is 2.11. The average Bonchev–Trinajstić information content (AvgIpc) is 2.14. The van der Waals surface area contributed by atoms with Crippen LogP contribution in [0.3, 0.4) is 0 Å². The maximum Gasteiger partial charge on any atom is 0.148 e. The first-order valence-corrected chi connectivity index (χ1v) is 7.56. The molecule has 90 valence electrons. The van der Waals surface area contributed by atoms with Crippen LogP contribution in [0.1, 0.15) is 26.2 Å². The third kappa shape index (κ3) is 4.49. The van der Waals surface area contributed by atoms with E-state index in [-0.39, 0.29) is 17.9 Å². The molecule has 0 spiro atoms. The van der Waals surface area contributed by atoms with E-state index >= 15 is 0 Å². The molecular weight excluding hydrogens is 214 g/mol. The van der Waals surface area contributed by atoms with Gasteiger partial charge in [-0.05, 0) is 26.3 Å². The monoisotopic (exact) mass is 235 g/mol. The van der Waals surface area contributed by atoms with Gasteiger partial charge in [0.1, 0.15) is 9.84 Å². The molecule has 0 amide bonds. The number of nitrogens with zero attached hydrogens (tertiary/aromatic N) is 1. The highest BCUT2D eigenvalue weighted by Gasteiger charge is 2.26. The van der Waals surface area contributed by atoms with Crippen LogP contribution in [0.4, 0.5) is 0 Å². The van der Waals surface area contributed by atoms with E-state index in [1.54, 1.807) is 6.92 Å². The molecular formula is C10H21NO3S. The fourth-order valence-electron chi connectivity index (χ4n) is 2.12. The maximum atomic E-state index is 11.1. The van der Waals surface area contributed by atoms with Gasteiger partial charge in [-0.25, -0.2) is 8.42 Å². The summed E-state index contributed by atoms with van der Waals surface area (Å²) in [5.74, 6) is 0.191. The predicted octanol–water partition coefficient (Wildman–Crippen LogP) is 0.266. The van der Waals surface area contributed by atoms with Crippen molar-refractivity contribution in [2.45, 2.75) is 38.3 Å². The summed E-state index contributed by atoms with van der Waals surface area (Å²) in [6.07, 6.45) is 4.10. The molecule has 0 aromatic carbocycles. The van der Waals surface area contributed by atoms with Crippen molar-refractivity contribution in [3.05, 3.63) is 0 Å². The summed E-state index contributed by atoms with van der Waals surface area (Å²) < 4.78 is 22.1. The van der Waals surface area contributed by atoms with Gasteiger partial charge in [-0.1, -0.05) is 6.42 Å². The molecule has 1 rings (SSSR count). The Bertz CT molecular complexity index is 287. The predicted molar refractivity (Wildman–Crippen MR) is 60.6 cm³/mol. The quantitative estimate of drug-likeness (QED) is 0.760. The average molecular weight is 235 g/mol. The molecule has 1 N–H and O–H groups in total. The Kier molecular flexibility index (Phi) is 4.55. The smallest absolute Gasteiger partial charge is 0.148 e. The van der Waals surface area contributed by atoms with E-state index in [4.69, 9.17) is 0 Å². The normalized spacial score (nSPS) is 26.5. The van der Waals surface area contributed by atoms with E-state index < -0.39 is 9.84 Å². The number of likely N-dealkylation sites (tertiary alicyclic amines) is 1. The summed E-state index contributed by atoms with van der Waals surface area (Å²) in [7, 11) is -2.90. The molecule has 2 atom stereocenters. The van der Waals surface area contributed by atoms with E-state index in [2.05, 4.69) is 4.90 Å². The fourth-order valence-corrected chi connectivity index (χ4v) is 2.69. The van der Waals surface area contributed by atoms with Crippen molar-refractivity contribution in [3.63, 3.8) is 0 Å². The molecule has 4 nitrogen and oxygen atoms in total. The standard InChI is InChI=1S/C10H21NO3S/c1-9(12)10-5-3-4-6-11(10)7-8-15(2,13)14/h9-10,12H,3-8H2,1-2H3. The van der Waals surface area contributed by atoms with Crippen LogP contribution in [0, 0.1) is 0 Å². The van der Waals surface area contributed by atoms with E-state index in [9.17, 15) is 13.5 Å². The van der Waals surface area contributed by atoms with Gasteiger partial charge in [0.2, 0.25) is 0 Å². The van der Waals surface area contributed by atoms with Crippen LogP contribution in [-0.4, -0.2) is 55.7 Å². The second-order valence-electron chi connectivity index (χ2n) is 4.47. The Morgan fingerprint density at radius 1 is 1.47 bits per heavy atom. The minimum atomic E-state index is -2.90. The molecule has 1 heterocycles. The Balaban J connectivity index is 2.50. The largest absolute Gasteiger partial charge is 0.392 e. The number of rotatable bonds is 4. The van der Waals surface area contributed by atoms with Crippen molar-refractivity contribution in [1.29, 1.82) is 0 Å². The third-order valence-corrected chi connectivity index (χ3v) is 3.89. The van der Waals surface area contributed by atoms with Crippen LogP contribution in [-0.2, 0) is 9.84 Å². The lowest BCUT2D eigenvalue weighted by atomic mass is 9.98. The summed E-state index contributed by atoms with van der Waals surface area (Å²) in [6, 6.07) is 0.139. The molecule has 1 fully saturated rings. The Labute approximate surface area is 92.2 Å². The number of piperidine rings is 1. The lowest BCUT2D eigenvalue weighted by molar-refractivity contribution is 0.0403. The highest BCUT2D eigenvalue weighted by atomic mass is 32.2. The van der Waals surface area contributed by atoms with Gasteiger partial charge >= 0.3 is 0 Å². The highest BCUT2D eigenvalue weighted by Crippen LogP contribution is 2.19. The van der Waals surface area contributed by atoms with Crippen molar-refractivity contribution in [3.8, 4) is 0 Å². The molecule has 0 saturated carbocycles. The fraction of sp³-hybridized carbons (Fsp3) is 1.00. The van der Waals surface area contributed by atoms with E-state index in [1.807, 2.05) is 0 Å². The molecule has 1 saturated heterocycles. The lowest BCUT2D eigenvalue weighted by Crippen LogP contribution is -2.47. The van der Waals surface area contributed by atoms with Crippen LogP contribution in [0.5, 0.6) is 0 Å². The summed E-state index contributed by atoms with van der Waals surface area (Å²) in [5.41, 5.74) is 0. The highest BCUT2D eigenvalue weighted by molar-refractivity contribution is 7.90. The molecule has 15 heavy (non-hydrogen) atoms. The van der Waals surface area contributed by atoms with Crippen molar-refractivity contribution >= 4 is 9.84 Å². The maximum absolute atomic E-state index is 11.1. The van der Waals surface area contributed by atoms with Crippen LogP contribution in [0.25, 0.3) is 0 Å². The Morgan fingerprint density at radius 3 is 2.67 bits per heavy atom. The van der Waals surface area contributed by atoms with E-state index in [1.165, 1.54) is 6.26 Å². The van der Waals surface area contributed by atoms with Crippen molar-refractivity contribution in [2.75, 3.05) is 25.1 Å². The third-order valence-electron chi connectivity index (χ3n) is 2.97. The molecule has 0 aliphatic carbocycles. The van der Waals surface area contributed by atoms with E-state index in [0.29, 0.717) is 6.54 Å². The van der Waals surface area contributed by atoms with Crippen molar-refractivity contribution in [2.24, 2.45) is 0 Å². The zero-order valence-corrected chi connectivity index (χ0v) is 10.3. The lowest BCUT2D eigenvalue weighted by Gasteiger charge is -2.37. The molecule has 1 aliphatic rings. The van der Waals surface area contributed by atoms with Gasteiger partial charge in [-0.2, -0.15) is 0 Å². The molecule has 0 aromatic heterocycles.